The summed E-state index contributed by atoms with van der Waals surface area (Å²) in [5.41, 5.74) is 0. The zero-order chi connectivity index (χ0) is 17.7. The number of carbonyl (C=O) groups is 1. The van der Waals surface area contributed by atoms with Crippen molar-refractivity contribution in [3.05, 3.63) is 24.3 Å². The minimum Gasteiger partial charge on any atom is -0.480 e. The Kier molecular flexibility index (Phi) is 6.72. The number of carboxylic acids is 1. The average Bonchev–Trinajstić information content (AvgIpc) is 2.46. The molecular formula is C14H21NO6S2. The van der Waals surface area contributed by atoms with Crippen LogP contribution in [0.3, 0.4) is 0 Å². The van der Waals surface area contributed by atoms with Crippen LogP contribution in [0, 0.1) is 0 Å². The Morgan fingerprint density at radius 3 is 2.00 bits per heavy atom. The van der Waals surface area contributed by atoms with Crippen molar-refractivity contribution in [2.24, 2.45) is 0 Å². The molecule has 0 aliphatic heterocycles. The number of benzene rings is 1. The van der Waals surface area contributed by atoms with Gasteiger partial charge in [-0.25, -0.2) is 16.8 Å². The van der Waals surface area contributed by atoms with Gasteiger partial charge in [-0.1, -0.05) is 20.3 Å². The first-order chi connectivity index (χ1) is 10.6. The molecule has 0 aliphatic rings. The summed E-state index contributed by atoms with van der Waals surface area (Å²) < 4.78 is 50.3. The van der Waals surface area contributed by atoms with Crippen molar-refractivity contribution in [2.45, 2.75) is 48.9 Å². The van der Waals surface area contributed by atoms with Crippen LogP contribution in [0.5, 0.6) is 0 Å². The molecule has 1 atom stereocenters. The number of nitrogens with one attached hydrogen (secondary N) is 1. The summed E-state index contributed by atoms with van der Waals surface area (Å²) in [6, 6.07) is 3.55. The molecule has 0 spiro atoms. The van der Waals surface area contributed by atoms with E-state index in [-0.39, 0.29) is 22.0 Å². The van der Waals surface area contributed by atoms with E-state index in [1.165, 1.54) is 12.1 Å². The molecule has 1 rings (SSSR count). The molecule has 0 bridgehead atoms. The van der Waals surface area contributed by atoms with Crippen molar-refractivity contribution in [1.29, 1.82) is 0 Å². The maximum atomic E-state index is 12.2. The van der Waals surface area contributed by atoms with Gasteiger partial charge in [-0.2, -0.15) is 4.72 Å². The second kappa shape index (κ2) is 7.89. The van der Waals surface area contributed by atoms with E-state index < -0.39 is 31.9 Å². The molecule has 23 heavy (non-hydrogen) atoms. The highest BCUT2D eigenvalue weighted by Gasteiger charge is 2.25. The average molecular weight is 363 g/mol. The normalized spacial score (nSPS) is 13.7. The van der Waals surface area contributed by atoms with Crippen molar-refractivity contribution >= 4 is 25.8 Å². The molecule has 0 aliphatic carbocycles. The molecule has 0 amide bonds. The van der Waals surface area contributed by atoms with Gasteiger partial charge < -0.3 is 5.11 Å². The van der Waals surface area contributed by atoms with Crippen LogP contribution in [-0.2, 0) is 24.7 Å². The quantitative estimate of drug-likeness (QED) is 0.685. The summed E-state index contributed by atoms with van der Waals surface area (Å²) in [7, 11) is -7.45. The van der Waals surface area contributed by atoms with E-state index in [4.69, 9.17) is 5.11 Å². The SMILES string of the molecule is CCCC(NS(=O)(=O)c1ccc(S(=O)(=O)CCC)cc1)C(=O)O. The largest absolute Gasteiger partial charge is 0.480 e. The summed E-state index contributed by atoms with van der Waals surface area (Å²) in [6.07, 6.45) is 1.13. The van der Waals surface area contributed by atoms with Crippen LogP contribution in [0.4, 0.5) is 0 Å². The van der Waals surface area contributed by atoms with E-state index >= 15 is 0 Å². The Morgan fingerprint density at radius 1 is 1.04 bits per heavy atom. The number of rotatable bonds is 9. The third-order valence-corrected chi connectivity index (χ3v) is 6.56. The fraction of sp³-hybridized carbons (Fsp3) is 0.500. The van der Waals surface area contributed by atoms with Crippen molar-refractivity contribution in [1.82, 2.24) is 4.72 Å². The van der Waals surface area contributed by atoms with E-state index in [0.717, 1.165) is 12.1 Å². The second-order valence-corrected chi connectivity index (χ2v) is 8.91. The molecular weight excluding hydrogens is 342 g/mol. The van der Waals surface area contributed by atoms with Gasteiger partial charge in [0.1, 0.15) is 6.04 Å². The first-order valence-corrected chi connectivity index (χ1v) is 10.4. The van der Waals surface area contributed by atoms with Crippen LogP contribution >= 0.6 is 0 Å². The lowest BCUT2D eigenvalue weighted by atomic mass is 10.2. The fourth-order valence-electron chi connectivity index (χ4n) is 1.99. The lowest BCUT2D eigenvalue weighted by Crippen LogP contribution is -2.40. The number of hydrogen-bond donors (Lipinski definition) is 2. The highest BCUT2D eigenvalue weighted by atomic mass is 32.2. The van der Waals surface area contributed by atoms with E-state index in [1.54, 1.807) is 13.8 Å². The topological polar surface area (TPSA) is 118 Å². The Morgan fingerprint density at radius 2 is 1.57 bits per heavy atom. The molecule has 0 saturated heterocycles. The summed E-state index contributed by atoms with van der Waals surface area (Å²) in [4.78, 5) is 10.9. The standard InChI is InChI=1S/C14H21NO6S2/c1-3-5-13(14(16)17)15-23(20,21)12-8-6-11(7-9-12)22(18,19)10-4-2/h6-9,13,15H,3-5,10H2,1-2H3,(H,16,17). The zero-order valence-electron chi connectivity index (χ0n) is 13.0. The summed E-state index contributed by atoms with van der Waals surface area (Å²) in [5, 5.41) is 9.02. The molecule has 1 aromatic rings. The predicted molar refractivity (Wildman–Crippen MR) is 85.4 cm³/mol. The fourth-order valence-corrected chi connectivity index (χ4v) is 4.54. The van der Waals surface area contributed by atoms with Crippen LogP contribution in [-0.4, -0.2) is 39.7 Å². The van der Waals surface area contributed by atoms with Crippen LogP contribution < -0.4 is 4.72 Å². The van der Waals surface area contributed by atoms with E-state index in [0.29, 0.717) is 12.8 Å². The third-order valence-electron chi connectivity index (χ3n) is 3.14. The summed E-state index contributed by atoms with van der Waals surface area (Å²) >= 11 is 0. The lowest BCUT2D eigenvalue weighted by molar-refractivity contribution is -0.139. The molecule has 0 heterocycles. The predicted octanol–water partition coefficient (Wildman–Crippen LogP) is 1.40. The summed E-state index contributed by atoms with van der Waals surface area (Å²) in [6.45, 7) is 3.48. The third kappa shape index (κ3) is 5.29. The molecule has 1 aromatic carbocycles. The molecule has 0 aromatic heterocycles. The number of sulfone groups is 1. The van der Waals surface area contributed by atoms with Gasteiger partial charge in [-0.15, -0.1) is 0 Å². The van der Waals surface area contributed by atoms with Gasteiger partial charge >= 0.3 is 5.97 Å². The Labute approximate surface area is 136 Å². The van der Waals surface area contributed by atoms with Crippen LogP contribution in [0.1, 0.15) is 33.1 Å². The smallest absolute Gasteiger partial charge is 0.321 e. The van der Waals surface area contributed by atoms with E-state index in [1.807, 2.05) is 0 Å². The number of hydrogen-bond acceptors (Lipinski definition) is 5. The van der Waals surface area contributed by atoms with Gasteiger partial charge in [0, 0.05) is 0 Å². The van der Waals surface area contributed by atoms with Crippen LogP contribution in [0.2, 0.25) is 0 Å². The van der Waals surface area contributed by atoms with Gasteiger partial charge in [-0.3, -0.25) is 4.79 Å². The van der Waals surface area contributed by atoms with Crippen molar-refractivity contribution < 1.29 is 26.7 Å². The second-order valence-electron chi connectivity index (χ2n) is 5.09. The highest BCUT2D eigenvalue weighted by molar-refractivity contribution is 7.91. The minimum absolute atomic E-state index is 0.0189. The van der Waals surface area contributed by atoms with Crippen LogP contribution in [0.15, 0.2) is 34.1 Å². The van der Waals surface area contributed by atoms with E-state index in [2.05, 4.69) is 4.72 Å². The monoisotopic (exact) mass is 363 g/mol. The molecule has 0 saturated carbocycles. The minimum atomic E-state index is -4.03. The lowest BCUT2D eigenvalue weighted by Gasteiger charge is -2.14. The maximum absolute atomic E-state index is 12.2. The highest BCUT2D eigenvalue weighted by Crippen LogP contribution is 2.17. The van der Waals surface area contributed by atoms with E-state index in [9.17, 15) is 21.6 Å². The number of aliphatic carboxylic acids is 1. The van der Waals surface area contributed by atoms with Crippen molar-refractivity contribution in [2.75, 3.05) is 5.75 Å². The van der Waals surface area contributed by atoms with Crippen molar-refractivity contribution in [3.63, 3.8) is 0 Å². The number of sulfonamides is 1. The zero-order valence-corrected chi connectivity index (χ0v) is 14.7. The molecule has 130 valence electrons. The first kappa shape index (κ1) is 19.6. The molecule has 9 heteroatoms. The van der Waals surface area contributed by atoms with Gasteiger partial charge in [0.15, 0.2) is 9.84 Å². The molecule has 1 unspecified atom stereocenters. The van der Waals surface area contributed by atoms with Gasteiger partial charge in [0.05, 0.1) is 15.5 Å². The Balaban J connectivity index is 3.04. The molecule has 0 fully saturated rings. The van der Waals surface area contributed by atoms with Crippen molar-refractivity contribution in [3.8, 4) is 0 Å². The summed E-state index contributed by atoms with van der Waals surface area (Å²) in [5.74, 6) is -1.27. The van der Waals surface area contributed by atoms with Gasteiger partial charge in [0.25, 0.3) is 0 Å². The molecule has 2 N–H and O–H groups in total. The molecule has 7 nitrogen and oxygen atoms in total. The van der Waals surface area contributed by atoms with Gasteiger partial charge in [-0.05, 0) is 37.1 Å². The maximum Gasteiger partial charge on any atom is 0.321 e. The Hall–Kier alpha value is -1.45. The molecule has 0 radical (unpaired) electrons. The van der Waals surface area contributed by atoms with Gasteiger partial charge in [0.2, 0.25) is 10.0 Å². The Bertz CT molecular complexity index is 738. The first-order valence-electron chi connectivity index (χ1n) is 7.22. The number of carboxylic acid groups (broad SMARTS) is 1. The van der Waals surface area contributed by atoms with Crippen LogP contribution in [0.25, 0.3) is 0 Å².